The molecule has 0 aliphatic rings. The number of nitrogens with one attached hydrogen (secondary N) is 2. The monoisotopic (exact) mass is 306 g/mol. The molecule has 0 saturated carbocycles. The summed E-state index contributed by atoms with van der Waals surface area (Å²) in [5.74, 6) is -0.472. The van der Waals surface area contributed by atoms with Crippen molar-refractivity contribution in [3.05, 3.63) is 65.4 Å². The van der Waals surface area contributed by atoms with E-state index in [9.17, 15) is 10.1 Å². The summed E-state index contributed by atoms with van der Waals surface area (Å²) < 4.78 is 0. The molecule has 2 aromatic carbocycles. The molecule has 0 heterocycles. The van der Waals surface area contributed by atoms with Gasteiger partial charge >= 0.3 is 0 Å². The molecule has 0 aliphatic carbocycles. The highest BCUT2D eigenvalue weighted by atomic mass is 16.1. The summed E-state index contributed by atoms with van der Waals surface area (Å²) in [4.78, 5) is 12.2. The highest BCUT2D eigenvalue weighted by Crippen LogP contribution is 2.20. The summed E-state index contributed by atoms with van der Waals surface area (Å²) in [7, 11) is 0. The van der Waals surface area contributed by atoms with Crippen LogP contribution in [0, 0.1) is 25.2 Å². The molecule has 0 aromatic heterocycles. The molecule has 0 unspecified atom stereocenters. The van der Waals surface area contributed by atoms with E-state index in [2.05, 4.69) is 10.6 Å². The Morgan fingerprint density at radius 1 is 1.17 bits per heavy atom. The number of nitrogens with two attached hydrogens (primary N) is 1. The number of carbonyl (C=O) groups is 1. The van der Waals surface area contributed by atoms with Gasteiger partial charge in [0.25, 0.3) is 5.91 Å². The number of para-hydroxylation sites is 1. The molecule has 5 heteroatoms. The Labute approximate surface area is 135 Å². The summed E-state index contributed by atoms with van der Waals surface area (Å²) in [6.07, 6.45) is 1.36. The molecule has 0 spiro atoms. The van der Waals surface area contributed by atoms with Gasteiger partial charge in [0.05, 0.1) is 11.4 Å². The molecule has 0 radical (unpaired) electrons. The number of carbonyl (C=O) groups excluding carboxylic acids is 1. The van der Waals surface area contributed by atoms with Gasteiger partial charge in [-0.3, -0.25) is 4.79 Å². The lowest BCUT2D eigenvalue weighted by Crippen LogP contribution is -2.15. The third-order valence-electron chi connectivity index (χ3n) is 3.34. The third kappa shape index (κ3) is 4.11. The van der Waals surface area contributed by atoms with E-state index < -0.39 is 5.91 Å². The fourth-order valence-electron chi connectivity index (χ4n) is 2.01. The van der Waals surface area contributed by atoms with Gasteiger partial charge in [-0.15, -0.1) is 0 Å². The van der Waals surface area contributed by atoms with Crippen LogP contribution in [0.4, 0.5) is 17.1 Å². The first-order chi connectivity index (χ1) is 11.0. The van der Waals surface area contributed by atoms with Crippen molar-refractivity contribution >= 4 is 23.0 Å². The van der Waals surface area contributed by atoms with Gasteiger partial charge < -0.3 is 16.4 Å². The van der Waals surface area contributed by atoms with Crippen molar-refractivity contribution in [1.82, 2.24) is 0 Å². The van der Waals surface area contributed by atoms with Crippen LogP contribution in [0.5, 0.6) is 0 Å². The van der Waals surface area contributed by atoms with Crippen molar-refractivity contribution in [2.75, 3.05) is 16.4 Å². The van der Waals surface area contributed by atoms with E-state index in [4.69, 9.17) is 5.73 Å². The van der Waals surface area contributed by atoms with E-state index in [0.29, 0.717) is 17.1 Å². The number of nitriles is 1. The van der Waals surface area contributed by atoms with Crippen molar-refractivity contribution in [3.8, 4) is 6.07 Å². The Morgan fingerprint density at radius 2 is 1.91 bits per heavy atom. The molecule has 2 aromatic rings. The highest BCUT2D eigenvalue weighted by Gasteiger charge is 2.10. The van der Waals surface area contributed by atoms with Crippen LogP contribution < -0.4 is 16.4 Å². The van der Waals surface area contributed by atoms with Crippen molar-refractivity contribution in [2.45, 2.75) is 13.8 Å². The number of nitrogens with zero attached hydrogens (tertiary/aromatic N) is 1. The first-order valence-corrected chi connectivity index (χ1v) is 7.11. The van der Waals surface area contributed by atoms with E-state index in [1.807, 2.05) is 50.2 Å². The van der Waals surface area contributed by atoms with Crippen molar-refractivity contribution in [3.63, 3.8) is 0 Å². The fourth-order valence-corrected chi connectivity index (χ4v) is 2.01. The van der Waals surface area contributed by atoms with Crippen LogP contribution in [-0.4, -0.2) is 5.91 Å². The molecular weight excluding hydrogens is 288 g/mol. The van der Waals surface area contributed by atoms with Gasteiger partial charge in [-0.1, -0.05) is 24.3 Å². The lowest BCUT2D eigenvalue weighted by atomic mass is 10.2. The summed E-state index contributed by atoms with van der Waals surface area (Å²) in [5.41, 5.74) is 9.69. The van der Waals surface area contributed by atoms with Crippen LogP contribution >= 0.6 is 0 Å². The SMILES string of the molecule is Cc1ccc(N/C=C(/C#N)C(=O)Nc2ccccc2C)c(N)c1. The number of hydrogen-bond acceptors (Lipinski definition) is 4. The molecule has 23 heavy (non-hydrogen) atoms. The Balaban J connectivity index is 2.14. The predicted molar refractivity (Wildman–Crippen MR) is 92.7 cm³/mol. The van der Waals surface area contributed by atoms with Crippen LogP contribution in [0.2, 0.25) is 0 Å². The molecule has 1 amide bonds. The summed E-state index contributed by atoms with van der Waals surface area (Å²) >= 11 is 0. The van der Waals surface area contributed by atoms with Gasteiger partial charge in [0.2, 0.25) is 0 Å². The number of amides is 1. The van der Waals surface area contributed by atoms with Gasteiger partial charge in [0.1, 0.15) is 11.6 Å². The maximum Gasteiger partial charge on any atom is 0.267 e. The Bertz CT molecular complexity index is 803. The van der Waals surface area contributed by atoms with E-state index in [1.54, 1.807) is 12.1 Å². The van der Waals surface area contributed by atoms with Crippen LogP contribution in [0.25, 0.3) is 0 Å². The molecular formula is C18H18N4O. The number of hydrogen-bond donors (Lipinski definition) is 3. The average molecular weight is 306 g/mol. The van der Waals surface area contributed by atoms with Gasteiger partial charge in [0.15, 0.2) is 0 Å². The molecule has 0 bridgehead atoms. The standard InChI is InChI=1S/C18H18N4O/c1-12-7-8-17(15(20)9-12)21-11-14(10-19)18(23)22-16-6-4-3-5-13(16)2/h3-9,11,21H,20H2,1-2H3,(H,22,23)/b14-11-. The molecule has 0 saturated heterocycles. The Hall–Kier alpha value is -3.26. The van der Waals surface area contributed by atoms with Crippen LogP contribution in [-0.2, 0) is 4.79 Å². The van der Waals surface area contributed by atoms with E-state index >= 15 is 0 Å². The van der Waals surface area contributed by atoms with Crippen LogP contribution in [0.15, 0.2) is 54.2 Å². The van der Waals surface area contributed by atoms with E-state index in [1.165, 1.54) is 6.20 Å². The Morgan fingerprint density at radius 3 is 2.57 bits per heavy atom. The zero-order valence-electron chi connectivity index (χ0n) is 13.1. The molecule has 116 valence electrons. The van der Waals surface area contributed by atoms with Crippen molar-refractivity contribution in [2.24, 2.45) is 0 Å². The first kappa shape index (κ1) is 16.1. The number of aryl methyl sites for hydroxylation is 2. The number of rotatable bonds is 4. The first-order valence-electron chi connectivity index (χ1n) is 7.11. The predicted octanol–water partition coefficient (Wildman–Crippen LogP) is 3.34. The molecule has 0 fully saturated rings. The number of benzene rings is 2. The lowest BCUT2D eigenvalue weighted by molar-refractivity contribution is -0.112. The minimum atomic E-state index is -0.472. The Kier molecular flexibility index (Phi) is 5.00. The number of anilines is 3. The minimum absolute atomic E-state index is 0.0340. The minimum Gasteiger partial charge on any atom is -0.397 e. The smallest absolute Gasteiger partial charge is 0.267 e. The number of nitrogen functional groups attached to an aromatic ring is 1. The maximum absolute atomic E-state index is 12.2. The van der Waals surface area contributed by atoms with E-state index in [-0.39, 0.29) is 5.57 Å². The fraction of sp³-hybridized carbons (Fsp3) is 0.111. The second kappa shape index (κ2) is 7.14. The molecule has 0 atom stereocenters. The largest absolute Gasteiger partial charge is 0.397 e. The molecule has 2 rings (SSSR count). The van der Waals surface area contributed by atoms with Crippen molar-refractivity contribution < 1.29 is 4.79 Å². The van der Waals surface area contributed by atoms with Crippen LogP contribution in [0.3, 0.4) is 0 Å². The van der Waals surface area contributed by atoms with Gasteiger partial charge in [0, 0.05) is 11.9 Å². The second-order valence-electron chi connectivity index (χ2n) is 5.17. The zero-order valence-corrected chi connectivity index (χ0v) is 13.1. The summed E-state index contributed by atoms with van der Waals surface area (Å²) in [6, 6.07) is 14.8. The lowest BCUT2D eigenvalue weighted by Gasteiger charge is -2.09. The molecule has 4 N–H and O–H groups in total. The quantitative estimate of drug-likeness (QED) is 0.459. The molecule has 0 aliphatic heterocycles. The average Bonchev–Trinajstić information content (AvgIpc) is 2.52. The second-order valence-corrected chi connectivity index (χ2v) is 5.17. The van der Waals surface area contributed by atoms with Gasteiger partial charge in [-0.25, -0.2) is 0 Å². The maximum atomic E-state index is 12.2. The summed E-state index contributed by atoms with van der Waals surface area (Å²) in [6.45, 7) is 3.82. The van der Waals surface area contributed by atoms with Gasteiger partial charge in [-0.05, 0) is 43.2 Å². The third-order valence-corrected chi connectivity index (χ3v) is 3.34. The van der Waals surface area contributed by atoms with Gasteiger partial charge in [-0.2, -0.15) is 5.26 Å². The zero-order chi connectivity index (χ0) is 16.8. The van der Waals surface area contributed by atoms with Crippen LogP contribution in [0.1, 0.15) is 11.1 Å². The highest BCUT2D eigenvalue weighted by molar-refractivity contribution is 6.07. The molecule has 5 nitrogen and oxygen atoms in total. The van der Waals surface area contributed by atoms with Crippen molar-refractivity contribution in [1.29, 1.82) is 5.26 Å². The normalized spacial score (nSPS) is 10.7. The summed E-state index contributed by atoms with van der Waals surface area (Å²) in [5, 5.41) is 14.8. The van der Waals surface area contributed by atoms with E-state index in [0.717, 1.165) is 11.1 Å². The topological polar surface area (TPSA) is 90.9 Å².